The summed E-state index contributed by atoms with van der Waals surface area (Å²) in [5.41, 5.74) is 2.27. The van der Waals surface area contributed by atoms with Crippen molar-refractivity contribution in [2.45, 2.75) is 30.3 Å². The Morgan fingerprint density at radius 3 is 2.58 bits per heavy atom. The SMILES string of the molecule is N#Cc1c(-c2ccc(S(=O)(=O)NC(CF)CF)cn2)n(CC2CC2)c2cc(Cl)ccc12. The van der Waals surface area contributed by atoms with E-state index >= 15 is 0 Å². The van der Waals surface area contributed by atoms with Gasteiger partial charge in [-0.15, -0.1) is 0 Å². The smallest absolute Gasteiger partial charge is 0.242 e. The fourth-order valence-electron chi connectivity index (χ4n) is 3.52. The van der Waals surface area contributed by atoms with Crippen LogP contribution in [-0.4, -0.2) is 37.4 Å². The molecule has 0 aliphatic heterocycles. The Morgan fingerprint density at radius 1 is 1.26 bits per heavy atom. The first-order chi connectivity index (χ1) is 14.9. The highest BCUT2D eigenvalue weighted by molar-refractivity contribution is 7.89. The van der Waals surface area contributed by atoms with Crippen LogP contribution in [0.4, 0.5) is 8.78 Å². The van der Waals surface area contributed by atoms with Gasteiger partial charge < -0.3 is 4.57 Å². The molecule has 162 valence electrons. The van der Waals surface area contributed by atoms with E-state index in [2.05, 4.69) is 11.1 Å². The summed E-state index contributed by atoms with van der Waals surface area (Å²) in [4.78, 5) is 4.06. The van der Waals surface area contributed by atoms with Crippen molar-refractivity contribution in [3.05, 3.63) is 47.1 Å². The van der Waals surface area contributed by atoms with Gasteiger partial charge in [0.15, 0.2) is 0 Å². The normalized spacial score (nSPS) is 14.3. The number of hydrogen-bond donors (Lipinski definition) is 1. The first kappa shape index (κ1) is 21.7. The van der Waals surface area contributed by atoms with Crippen molar-refractivity contribution >= 4 is 32.5 Å². The van der Waals surface area contributed by atoms with Crippen molar-refractivity contribution in [1.29, 1.82) is 5.26 Å². The van der Waals surface area contributed by atoms with Crippen LogP contribution in [0.2, 0.25) is 5.02 Å². The summed E-state index contributed by atoms with van der Waals surface area (Å²) in [5, 5.41) is 11.1. The molecule has 10 heteroatoms. The average molecular weight is 465 g/mol. The number of nitrogens with zero attached hydrogens (tertiary/aromatic N) is 3. The molecule has 1 aliphatic carbocycles. The van der Waals surface area contributed by atoms with Gasteiger partial charge in [0.1, 0.15) is 24.3 Å². The molecule has 2 aromatic heterocycles. The van der Waals surface area contributed by atoms with E-state index in [4.69, 9.17) is 11.6 Å². The van der Waals surface area contributed by atoms with Crippen molar-refractivity contribution in [3.63, 3.8) is 0 Å². The minimum absolute atomic E-state index is 0.213. The molecule has 3 aromatic rings. The maximum atomic E-state index is 12.7. The molecular weight excluding hydrogens is 446 g/mol. The number of alkyl halides is 2. The van der Waals surface area contributed by atoms with E-state index < -0.39 is 29.4 Å². The lowest BCUT2D eigenvalue weighted by molar-refractivity contribution is 0.334. The molecule has 4 rings (SSSR count). The number of benzene rings is 1. The van der Waals surface area contributed by atoms with Crippen LogP contribution >= 0.6 is 11.6 Å². The molecule has 0 unspecified atom stereocenters. The molecule has 1 saturated carbocycles. The maximum absolute atomic E-state index is 12.7. The summed E-state index contributed by atoms with van der Waals surface area (Å²) in [6, 6.07) is 8.92. The Bertz CT molecular complexity index is 1260. The number of rotatable bonds is 8. The molecule has 31 heavy (non-hydrogen) atoms. The molecule has 0 amide bonds. The number of halogens is 3. The van der Waals surface area contributed by atoms with Gasteiger partial charge in [-0.2, -0.15) is 5.26 Å². The first-order valence-corrected chi connectivity index (χ1v) is 11.6. The van der Waals surface area contributed by atoms with E-state index in [1.807, 2.05) is 9.29 Å². The van der Waals surface area contributed by atoms with Crippen LogP contribution in [-0.2, 0) is 16.6 Å². The predicted octanol–water partition coefficient (Wildman–Crippen LogP) is 4.22. The number of fused-ring (bicyclic) bond motifs is 1. The maximum Gasteiger partial charge on any atom is 0.242 e. The molecule has 0 atom stereocenters. The zero-order valence-electron chi connectivity index (χ0n) is 16.4. The number of pyridine rings is 1. The lowest BCUT2D eigenvalue weighted by Crippen LogP contribution is -2.37. The number of hydrogen-bond acceptors (Lipinski definition) is 4. The van der Waals surface area contributed by atoms with Gasteiger partial charge in [0.05, 0.1) is 28.5 Å². The minimum atomic E-state index is -4.13. The van der Waals surface area contributed by atoms with Crippen molar-refractivity contribution in [2.24, 2.45) is 5.92 Å². The third-order valence-corrected chi connectivity index (χ3v) is 7.00. The van der Waals surface area contributed by atoms with E-state index in [0.717, 1.165) is 29.9 Å². The fraction of sp³-hybridized carbons (Fsp3) is 0.333. The molecule has 0 spiro atoms. The second-order valence-electron chi connectivity index (χ2n) is 7.56. The second-order valence-corrected chi connectivity index (χ2v) is 9.71. The predicted molar refractivity (Wildman–Crippen MR) is 114 cm³/mol. The molecule has 0 saturated heterocycles. The van der Waals surface area contributed by atoms with Gasteiger partial charge in [0.25, 0.3) is 0 Å². The summed E-state index contributed by atoms with van der Waals surface area (Å²) < 4.78 is 54.2. The topological polar surface area (TPSA) is 87.8 Å². The molecule has 1 aliphatic rings. The minimum Gasteiger partial charge on any atom is -0.338 e. The highest BCUT2D eigenvalue weighted by Gasteiger charge is 2.27. The summed E-state index contributed by atoms with van der Waals surface area (Å²) in [6.07, 6.45) is 3.32. The Morgan fingerprint density at radius 2 is 2.00 bits per heavy atom. The molecule has 0 radical (unpaired) electrons. The first-order valence-electron chi connectivity index (χ1n) is 9.70. The Labute approximate surface area is 183 Å². The van der Waals surface area contributed by atoms with E-state index in [1.165, 1.54) is 12.1 Å². The number of sulfonamides is 1. The molecule has 2 heterocycles. The van der Waals surface area contributed by atoms with Gasteiger partial charge in [0, 0.05) is 23.2 Å². The summed E-state index contributed by atoms with van der Waals surface area (Å²) in [7, 11) is -4.13. The van der Waals surface area contributed by atoms with Crippen molar-refractivity contribution < 1.29 is 17.2 Å². The van der Waals surface area contributed by atoms with Gasteiger partial charge in [-0.05, 0) is 49.1 Å². The van der Waals surface area contributed by atoms with E-state index in [1.54, 1.807) is 18.2 Å². The zero-order chi connectivity index (χ0) is 22.2. The number of aromatic nitrogens is 2. The van der Waals surface area contributed by atoms with Crippen LogP contribution in [0, 0.1) is 17.2 Å². The van der Waals surface area contributed by atoms with E-state index in [-0.39, 0.29) is 4.90 Å². The van der Waals surface area contributed by atoms with Gasteiger partial charge in [-0.25, -0.2) is 21.9 Å². The largest absolute Gasteiger partial charge is 0.338 e. The third kappa shape index (κ3) is 4.28. The Hall–Kier alpha value is -2.54. The van der Waals surface area contributed by atoms with Crippen LogP contribution < -0.4 is 4.72 Å². The molecular formula is C21H19ClF2N4O2S. The van der Waals surface area contributed by atoms with Gasteiger partial charge >= 0.3 is 0 Å². The third-order valence-electron chi connectivity index (χ3n) is 5.26. The summed E-state index contributed by atoms with van der Waals surface area (Å²) in [5.74, 6) is 0.502. The molecule has 1 aromatic carbocycles. The molecule has 0 bridgehead atoms. The lowest BCUT2D eigenvalue weighted by atomic mass is 10.1. The van der Waals surface area contributed by atoms with Crippen LogP contribution in [0.15, 0.2) is 41.4 Å². The highest BCUT2D eigenvalue weighted by atomic mass is 35.5. The number of nitrogens with one attached hydrogen (secondary N) is 1. The zero-order valence-corrected chi connectivity index (χ0v) is 17.9. The monoisotopic (exact) mass is 464 g/mol. The van der Waals surface area contributed by atoms with Crippen molar-refractivity contribution in [2.75, 3.05) is 13.3 Å². The van der Waals surface area contributed by atoms with Crippen LogP contribution in [0.25, 0.3) is 22.3 Å². The molecule has 1 N–H and O–H groups in total. The van der Waals surface area contributed by atoms with Crippen LogP contribution in [0.5, 0.6) is 0 Å². The molecule has 1 fully saturated rings. The highest BCUT2D eigenvalue weighted by Crippen LogP contribution is 2.38. The van der Waals surface area contributed by atoms with Crippen molar-refractivity contribution in [1.82, 2.24) is 14.3 Å². The van der Waals surface area contributed by atoms with Gasteiger partial charge in [-0.3, -0.25) is 4.98 Å². The standard InChI is InChI=1S/C21H19ClF2N4O2S/c22-14-3-5-17-18(10-25)21(28(20(17)7-14)12-13-1-2-13)19-6-4-16(11-26-19)31(29,30)27-15(8-23)9-24/h3-7,11,13,15,27H,1-2,8-9,12H2. The van der Waals surface area contributed by atoms with E-state index in [0.29, 0.717) is 34.4 Å². The number of nitriles is 1. The fourth-order valence-corrected chi connectivity index (χ4v) is 4.83. The van der Waals surface area contributed by atoms with Gasteiger partial charge in [0.2, 0.25) is 10.0 Å². The van der Waals surface area contributed by atoms with E-state index in [9.17, 15) is 22.5 Å². The average Bonchev–Trinajstić information content (AvgIpc) is 3.54. The Kier molecular flexibility index (Phi) is 5.97. The molecule has 6 nitrogen and oxygen atoms in total. The lowest BCUT2D eigenvalue weighted by Gasteiger charge is -2.13. The Balaban J connectivity index is 1.79. The van der Waals surface area contributed by atoms with Crippen molar-refractivity contribution in [3.8, 4) is 17.5 Å². The second kappa shape index (κ2) is 8.54. The van der Waals surface area contributed by atoms with Gasteiger partial charge in [-0.1, -0.05) is 11.6 Å². The summed E-state index contributed by atoms with van der Waals surface area (Å²) in [6.45, 7) is -1.61. The van der Waals surface area contributed by atoms with Crippen LogP contribution in [0.3, 0.4) is 0 Å². The quantitative estimate of drug-likeness (QED) is 0.540. The summed E-state index contributed by atoms with van der Waals surface area (Å²) >= 11 is 6.19. The van der Waals surface area contributed by atoms with Crippen LogP contribution in [0.1, 0.15) is 18.4 Å².